The maximum Gasteiger partial charge on any atom is 0.0546 e. The fourth-order valence-corrected chi connectivity index (χ4v) is 4.18. The second kappa shape index (κ2) is 4.99. The molecule has 0 radical (unpaired) electrons. The van der Waals surface area contributed by atoms with Gasteiger partial charge in [0.15, 0.2) is 0 Å². The molecular formula is C24H15N2-. The van der Waals surface area contributed by atoms with Crippen LogP contribution in [0.2, 0.25) is 0 Å². The Morgan fingerprint density at radius 1 is 0.500 bits per heavy atom. The first-order valence-electron chi connectivity index (χ1n) is 8.84. The van der Waals surface area contributed by atoms with E-state index >= 15 is 0 Å². The van der Waals surface area contributed by atoms with Crippen molar-refractivity contribution in [2.45, 2.75) is 0 Å². The maximum absolute atomic E-state index is 4.84. The lowest BCUT2D eigenvalue weighted by atomic mass is 10.1. The van der Waals surface area contributed by atoms with E-state index in [0.29, 0.717) is 0 Å². The predicted octanol–water partition coefficient (Wildman–Crippen LogP) is 6.05. The van der Waals surface area contributed by atoms with Crippen LogP contribution in [0.3, 0.4) is 0 Å². The van der Waals surface area contributed by atoms with Crippen LogP contribution in [0.4, 0.5) is 0 Å². The molecule has 0 spiro atoms. The summed E-state index contributed by atoms with van der Waals surface area (Å²) in [5.41, 5.74) is 5.76. The SMILES string of the molecule is c1ccc(-n2c3ccccc3c3c4c(ccc32)[n-]c2ccccc24)cc1. The van der Waals surface area contributed by atoms with E-state index in [1.165, 1.54) is 38.3 Å². The monoisotopic (exact) mass is 331 g/mol. The van der Waals surface area contributed by atoms with Gasteiger partial charge in [0.05, 0.1) is 11.0 Å². The zero-order valence-corrected chi connectivity index (χ0v) is 14.1. The molecule has 26 heavy (non-hydrogen) atoms. The van der Waals surface area contributed by atoms with Gasteiger partial charge < -0.3 is 9.55 Å². The van der Waals surface area contributed by atoms with Gasteiger partial charge in [-0.3, -0.25) is 0 Å². The van der Waals surface area contributed by atoms with Crippen molar-refractivity contribution in [3.63, 3.8) is 0 Å². The van der Waals surface area contributed by atoms with Crippen LogP contribution in [-0.4, -0.2) is 4.57 Å². The van der Waals surface area contributed by atoms with E-state index < -0.39 is 0 Å². The topological polar surface area (TPSA) is 19.0 Å². The van der Waals surface area contributed by atoms with Gasteiger partial charge in [-0.15, -0.1) is 11.0 Å². The zero-order valence-electron chi connectivity index (χ0n) is 14.1. The minimum Gasteiger partial charge on any atom is -0.657 e. The maximum atomic E-state index is 4.84. The van der Waals surface area contributed by atoms with E-state index in [1.54, 1.807) is 0 Å². The Hall–Kier alpha value is -3.52. The van der Waals surface area contributed by atoms with E-state index in [9.17, 15) is 0 Å². The molecule has 0 saturated heterocycles. The van der Waals surface area contributed by atoms with Gasteiger partial charge in [-0.25, -0.2) is 0 Å². The lowest BCUT2D eigenvalue weighted by molar-refractivity contribution is 1.18. The Kier molecular flexibility index (Phi) is 2.64. The van der Waals surface area contributed by atoms with Crippen LogP contribution in [0.5, 0.6) is 0 Å². The largest absolute Gasteiger partial charge is 0.657 e. The van der Waals surface area contributed by atoms with Crippen molar-refractivity contribution in [2.75, 3.05) is 0 Å². The van der Waals surface area contributed by atoms with Crippen LogP contribution in [0, 0.1) is 0 Å². The van der Waals surface area contributed by atoms with Gasteiger partial charge in [0.25, 0.3) is 0 Å². The number of hydrogen-bond acceptors (Lipinski definition) is 0. The molecule has 0 aliphatic carbocycles. The minimum atomic E-state index is 1.06. The fourth-order valence-electron chi connectivity index (χ4n) is 4.18. The number of para-hydroxylation sites is 3. The second-order valence-electron chi connectivity index (χ2n) is 6.67. The summed E-state index contributed by atoms with van der Waals surface area (Å²) < 4.78 is 2.35. The number of hydrogen-bond donors (Lipinski definition) is 0. The van der Waals surface area contributed by atoms with E-state index in [4.69, 9.17) is 4.98 Å². The molecule has 0 N–H and O–H groups in total. The van der Waals surface area contributed by atoms with Crippen molar-refractivity contribution in [3.8, 4) is 5.69 Å². The van der Waals surface area contributed by atoms with Crippen molar-refractivity contribution in [3.05, 3.63) is 91.0 Å². The van der Waals surface area contributed by atoms with Crippen LogP contribution >= 0.6 is 0 Å². The number of aromatic nitrogens is 2. The third-order valence-electron chi connectivity index (χ3n) is 5.25. The summed E-state index contributed by atoms with van der Waals surface area (Å²) >= 11 is 0. The Morgan fingerprint density at radius 2 is 1.23 bits per heavy atom. The molecule has 6 aromatic rings. The average molecular weight is 331 g/mol. The number of benzene rings is 4. The fraction of sp³-hybridized carbons (Fsp3) is 0. The molecule has 0 unspecified atom stereocenters. The Balaban J connectivity index is 1.92. The molecule has 2 heteroatoms. The van der Waals surface area contributed by atoms with Crippen molar-refractivity contribution < 1.29 is 0 Å². The van der Waals surface area contributed by atoms with Crippen molar-refractivity contribution in [2.24, 2.45) is 0 Å². The van der Waals surface area contributed by atoms with Gasteiger partial charge in [0, 0.05) is 16.5 Å². The molecule has 0 fully saturated rings. The Morgan fingerprint density at radius 3 is 2.12 bits per heavy atom. The molecule has 0 bridgehead atoms. The normalized spacial score (nSPS) is 11.8. The molecule has 6 rings (SSSR count). The smallest absolute Gasteiger partial charge is 0.0546 e. The highest BCUT2D eigenvalue weighted by atomic mass is 15.0. The Labute approximate surface area is 150 Å². The lowest BCUT2D eigenvalue weighted by Crippen LogP contribution is -1.92. The van der Waals surface area contributed by atoms with E-state index in [0.717, 1.165) is 11.0 Å². The molecule has 2 nitrogen and oxygen atoms in total. The molecule has 0 amide bonds. The highest BCUT2D eigenvalue weighted by molar-refractivity contribution is 6.28. The first-order chi connectivity index (χ1) is 12.9. The zero-order chi connectivity index (χ0) is 17.1. The van der Waals surface area contributed by atoms with Crippen LogP contribution < -0.4 is 4.98 Å². The number of rotatable bonds is 1. The minimum absolute atomic E-state index is 1.06. The van der Waals surface area contributed by atoms with Gasteiger partial charge in [0.1, 0.15) is 0 Å². The predicted molar refractivity (Wildman–Crippen MR) is 109 cm³/mol. The summed E-state index contributed by atoms with van der Waals surface area (Å²) in [6.07, 6.45) is 0. The third kappa shape index (κ3) is 1.71. The van der Waals surface area contributed by atoms with Crippen molar-refractivity contribution >= 4 is 43.6 Å². The Bertz CT molecular complexity index is 1420. The standard InChI is InChI=1S/C24H15N2/c1-2-8-16(9-3-1)26-21-13-7-5-11-18(21)24-22(26)15-14-20-23(24)17-10-4-6-12-19(17)25-20/h1-15H/q-1. The summed E-state index contributed by atoms with van der Waals surface area (Å²) in [7, 11) is 0. The summed E-state index contributed by atoms with van der Waals surface area (Å²) in [5.74, 6) is 0. The summed E-state index contributed by atoms with van der Waals surface area (Å²) in [5, 5.41) is 5.04. The molecule has 2 aromatic heterocycles. The third-order valence-corrected chi connectivity index (χ3v) is 5.25. The molecule has 4 aromatic carbocycles. The molecule has 0 atom stereocenters. The molecule has 0 aliphatic rings. The van der Waals surface area contributed by atoms with Gasteiger partial charge in [-0.2, -0.15) is 0 Å². The van der Waals surface area contributed by atoms with Gasteiger partial charge in [-0.05, 0) is 35.0 Å². The highest BCUT2D eigenvalue weighted by Crippen LogP contribution is 2.39. The molecule has 0 saturated carbocycles. The van der Waals surface area contributed by atoms with E-state index in [-0.39, 0.29) is 0 Å². The molecule has 0 aliphatic heterocycles. The van der Waals surface area contributed by atoms with E-state index in [1.807, 2.05) is 0 Å². The van der Waals surface area contributed by atoms with Crippen molar-refractivity contribution in [1.82, 2.24) is 9.55 Å². The summed E-state index contributed by atoms with van der Waals surface area (Å²) in [6, 6.07) is 32.0. The average Bonchev–Trinajstić information content (AvgIpc) is 3.24. The number of nitrogens with zero attached hydrogens (tertiary/aromatic N) is 2. The first-order valence-corrected chi connectivity index (χ1v) is 8.84. The first kappa shape index (κ1) is 13.7. The van der Waals surface area contributed by atoms with Crippen LogP contribution in [0.1, 0.15) is 0 Å². The van der Waals surface area contributed by atoms with Crippen LogP contribution in [-0.2, 0) is 0 Å². The van der Waals surface area contributed by atoms with Gasteiger partial charge in [0.2, 0.25) is 0 Å². The van der Waals surface area contributed by atoms with Gasteiger partial charge in [-0.1, -0.05) is 66.7 Å². The number of fused-ring (bicyclic) bond motifs is 7. The molecule has 2 heterocycles. The van der Waals surface area contributed by atoms with E-state index in [2.05, 4.69) is 95.6 Å². The van der Waals surface area contributed by atoms with Crippen LogP contribution in [0.25, 0.3) is 49.3 Å². The van der Waals surface area contributed by atoms with Crippen molar-refractivity contribution in [1.29, 1.82) is 0 Å². The second-order valence-corrected chi connectivity index (χ2v) is 6.67. The summed E-state index contributed by atoms with van der Waals surface area (Å²) in [4.78, 5) is 4.84. The highest BCUT2D eigenvalue weighted by Gasteiger charge is 2.14. The molecule has 122 valence electrons. The lowest BCUT2D eigenvalue weighted by Gasteiger charge is -2.08. The molecular weight excluding hydrogens is 316 g/mol. The summed E-state index contributed by atoms with van der Waals surface area (Å²) in [6.45, 7) is 0. The van der Waals surface area contributed by atoms with Gasteiger partial charge >= 0.3 is 0 Å². The quantitative estimate of drug-likeness (QED) is 0.359. The van der Waals surface area contributed by atoms with Crippen LogP contribution in [0.15, 0.2) is 91.0 Å².